The van der Waals surface area contributed by atoms with Gasteiger partial charge in [0.15, 0.2) is 0 Å². The van der Waals surface area contributed by atoms with Crippen molar-refractivity contribution < 1.29 is 27.9 Å². The third-order valence-electron chi connectivity index (χ3n) is 16.4. The summed E-state index contributed by atoms with van der Waals surface area (Å²) in [6, 6.07) is 9.24. The Labute approximate surface area is 507 Å². The molecule has 0 amide bonds. The van der Waals surface area contributed by atoms with E-state index in [1.165, 1.54) is 109 Å². The van der Waals surface area contributed by atoms with Gasteiger partial charge in [0.05, 0.1) is 81.3 Å². The molecule has 8 aromatic rings. The number of aromatic nitrogens is 6. The molecule has 0 N–H and O–H groups in total. The van der Waals surface area contributed by atoms with Crippen molar-refractivity contribution in [2.45, 2.75) is 196 Å². The SMILES string of the molecule is CC1(C)OB(B2OC(C)(C)C(C)(C)O2)OC1(C)C.CCCCN(CCCC)c1cc2sc(-c3ncc(B4OC(C)(C)C(C)(C)O4)c4nsnc34)cc2s1.CCCCN(CCCC)c1cc2sc(-c3ncc(Br)c4nsnc34)cc2s1. The molecule has 0 aliphatic carbocycles. The second-order valence-electron chi connectivity index (χ2n) is 24.0. The van der Waals surface area contributed by atoms with E-state index in [1.54, 1.807) is 22.7 Å². The molecule has 3 fully saturated rings. The smallest absolute Gasteiger partial charge is 0.405 e. The van der Waals surface area contributed by atoms with Crippen LogP contribution in [0.2, 0.25) is 0 Å². The highest BCUT2D eigenvalue weighted by Crippen LogP contribution is 2.46. The second kappa shape index (κ2) is 24.7. The first kappa shape index (κ1) is 61.8. The van der Waals surface area contributed by atoms with Crippen LogP contribution in [0, 0.1) is 0 Å². The third kappa shape index (κ3) is 12.8. The van der Waals surface area contributed by atoms with E-state index >= 15 is 0 Å². The van der Waals surface area contributed by atoms with Gasteiger partial charge in [0.1, 0.15) is 33.5 Å². The fourth-order valence-corrected chi connectivity index (χ4v) is 15.8. The Morgan fingerprint density at radius 1 is 0.438 bits per heavy atom. The number of pyridine rings is 2. The van der Waals surface area contributed by atoms with E-state index in [0.717, 1.165) is 74.4 Å². The zero-order valence-electron chi connectivity index (χ0n) is 49.5. The molecule has 14 nitrogen and oxygen atoms in total. The van der Waals surface area contributed by atoms with E-state index in [4.69, 9.17) is 32.9 Å². The predicted molar refractivity (Wildman–Crippen MR) is 347 cm³/mol. The number of hydrogen-bond donors (Lipinski definition) is 0. The Balaban J connectivity index is 0.000000153. The largest absolute Gasteiger partial charge is 0.498 e. The van der Waals surface area contributed by atoms with Crippen molar-refractivity contribution in [1.29, 1.82) is 0 Å². The molecular formula is C56H78B3BrN8O6S6. The van der Waals surface area contributed by atoms with Gasteiger partial charge in [0.2, 0.25) is 0 Å². The van der Waals surface area contributed by atoms with Gasteiger partial charge in [0.25, 0.3) is 0 Å². The molecular weight excluding hydrogens is 1190 g/mol. The number of hydrogen-bond acceptors (Lipinski definition) is 20. The highest BCUT2D eigenvalue weighted by molar-refractivity contribution is 9.10. The van der Waals surface area contributed by atoms with Crippen LogP contribution in [0.5, 0.6) is 0 Å². The van der Waals surface area contributed by atoms with Crippen LogP contribution < -0.4 is 15.3 Å². The maximum Gasteiger partial charge on any atom is 0.498 e. The fraction of sp³-hybridized carbons (Fsp3) is 0.607. The van der Waals surface area contributed by atoms with Crippen LogP contribution in [-0.4, -0.2) is 108 Å². The Bertz CT molecular complexity index is 3230. The summed E-state index contributed by atoms with van der Waals surface area (Å²) in [5, 5.41) is 2.78. The molecule has 3 aliphatic heterocycles. The van der Waals surface area contributed by atoms with Gasteiger partial charge >= 0.3 is 21.1 Å². The molecule has 0 bridgehead atoms. The molecule has 11 heterocycles. The molecule has 3 aliphatic rings. The lowest BCUT2D eigenvalue weighted by molar-refractivity contribution is 0.00578. The number of thiophene rings is 4. The molecule has 0 aromatic carbocycles. The predicted octanol–water partition coefficient (Wildman–Crippen LogP) is 16.2. The van der Waals surface area contributed by atoms with Crippen LogP contribution in [0.15, 0.2) is 41.1 Å². The maximum atomic E-state index is 6.27. The van der Waals surface area contributed by atoms with Gasteiger partial charge in [-0.1, -0.05) is 53.4 Å². The topological polar surface area (TPSA) is 139 Å². The summed E-state index contributed by atoms with van der Waals surface area (Å²) < 4.78 is 60.7. The quantitative estimate of drug-likeness (QED) is 0.0753. The molecule has 80 heavy (non-hydrogen) atoms. The van der Waals surface area contributed by atoms with Crippen molar-refractivity contribution in [3.8, 4) is 21.1 Å². The van der Waals surface area contributed by atoms with Crippen molar-refractivity contribution in [3.63, 3.8) is 0 Å². The van der Waals surface area contributed by atoms with E-state index in [0.29, 0.717) is 0 Å². The van der Waals surface area contributed by atoms with Crippen molar-refractivity contribution in [2.24, 2.45) is 0 Å². The molecule has 3 saturated heterocycles. The fourth-order valence-electron chi connectivity index (χ4n) is 9.29. The van der Waals surface area contributed by atoms with E-state index in [-0.39, 0.29) is 22.4 Å². The third-order valence-corrected chi connectivity index (χ3v) is 22.8. The van der Waals surface area contributed by atoms with Crippen LogP contribution in [0.4, 0.5) is 10.0 Å². The molecule has 24 heteroatoms. The minimum Gasteiger partial charge on any atom is -0.405 e. The van der Waals surface area contributed by atoms with Crippen LogP contribution in [-0.2, 0) is 27.9 Å². The van der Waals surface area contributed by atoms with Gasteiger partial charge in [-0.05, 0) is 149 Å². The Kier molecular flexibility index (Phi) is 19.1. The molecule has 0 atom stereocenters. The molecule has 11 rings (SSSR count). The molecule has 0 radical (unpaired) electrons. The lowest BCUT2D eigenvalue weighted by Crippen LogP contribution is -2.41. The van der Waals surface area contributed by atoms with E-state index in [9.17, 15) is 0 Å². The summed E-state index contributed by atoms with van der Waals surface area (Å²) in [6.07, 6.45) is 13.6. The van der Waals surface area contributed by atoms with E-state index in [2.05, 4.69) is 128 Å². The summed E-state index contributed by atoms with van der Waals surface area (Å²) in [5.74, 6) is 0. The minimum absolute atomic E-state index is 0.360. The van der Waals surface area contributed by atoms with Crippen molar-refractivity contribution in [3.05, 3.63) is 41.1 Å². The first-order chi connectivity index (χ1) is 37.8. The number of rotatable bonds is 18. The Morgan fingerprint density at radius 3 is 1.16 bits per heavy atom. The summed E-state index contributed by atoms with van der Waals surface area (Å²) in [6.45, 7) is 38.0. The van der Waals surface area contributed by atoms with Crippen LogP contribution in [0.1, 0.15) is 162 Å². The second-order valence-corrected chi connectivity index (χ2v) is 30.2. The van der Waals surface area contributed by atoms with Crippen molar-refractivity contribution in [1.82, 2.24) is 27.5 Å². The zero-order chi connectivity index (χ0) is 57.6. The van der Waals surface area contributed by atoms with Gasteiger partial charge < -0.3 is 37.7 Å². The molecule has 0 unspecified atom stereocenters. The van der Waals surface area contributed by atoms with Crippen LogP contribution in [0.3, 0.4) is 0 Å². The Morgan fingerprint density at radius 2 is 0.775 bits per heavy atom. The lowest BCUT2D eigenvalue weighted by Gasteiger charge is -2.32. The van der Waals surface area contributed by atoms with Gasteiger partial charge in [-0.3, -0.25) is 9.97 Å². The average molecular weight is 1260 g/mol. The summed E-state index contributed by atoms with van der Waals surface area (Å²) in [7, 11) is -1.45. The monoisotopic (exact) mass is 1260 g/mol. The van der Waals surface area contributed by atoms with Crippen LogP contribution >= 0.6 is 84.7 Å². The number of nitrogens with zero attached hydrogens (tertiary/aromatic N) is 8. The first-order valence-corrected chi connectivity index (χ1v) is 33.9. The maximum absolute atomic E-state index is 6.27. The number of fused-ring (bicyclic) bond motifs is 4. The lowest BCUT2D eigenvalue weighted by atomic mass is 9.49. The van der Waals surface area contributed by atoms with Gasteiger partial charge in [-0.25, -0.2) is 0 Å². The summed E-state index contributed by atoms with van der Waals surface area (Å²) in [5.41, 5.74) is 3.83. The summed E-state index contributed by atoms with van der Waals surface area (Å²) >= 11 is 13.3. The van der Waals surface area contributed by atoms with Crippen molar-refractivity contribution >= 4 is 162 Å². The highest BCUT2D eigenvalue weighted by Gasteiger charge is 2.64. The molecule has 8 aromatic heterocycles. The van der Waals surface area contributed by atoms with Crippen LogP contribution in [0.25, 0.3) is 62.0 Å². The minimum atomic E-state index is -0.500. The number of anilines is 2. The van der Waals surface area contributed by atoms with E-state index < -0.39 is 32.3 Å². The average Bonchev–Trinajstić information content (AvgIpc) is 4.27. The number of halogens is 1. The van der Waals surface area contributed by atoms with Crippen molar-refractivity contribution in [2.75, 3.05) is 36.0 Å². The van der Waals surface area contributed by atoms with Gasteiger partial charge in [0, 0.05) is 62.8 Å². The number of unbranched alkanes of at least 4 members (excludes halogenated alkanes) is 4. The molecule has 0 spiro atoms. The van der Waals surface area contributed by atoms with Gasteiger partial charge in [-0.15, -0.1) is 45.3 Å². The first-order valence-electron chi connectivity index (χ1n) is 28.3. The van der Waals surface area contributed by atoms with Gasteiger partial charge in [-0.2, -0.15) is 17.5 Å². The zero-order valence-corrected chi connectivity index (χ0v) is 56.0. The standard InChI is InChI=1S/C25H33BN4O2S3.C19H21BrN4S3.C12H24B2O4/c1-7-9-11-30(12-10-8-2)20-14-18-17(34-20)13-19(33-18)22-23-21(28-35-29-23)16(15-27-22)26-31-24(3,4)25(5,6)32-26;1-3-5-7-24(8-6-4-2)16-10-14-13(26-16)9-15(25-14)18-19-17(22-27-23-19)12(20)11-21-18;1-9(2)10(3,4)16-13(15-9)14-17-11(5,6)12(7,8)18-14/h13-15H,7-12H2,1-6H3;9-11H,3-8H2,1-2H3;1-8H3. The normalized spacial score (nSPS) is 18.6. The summed E-state index contributed by atoms with van der Waals surface area (Å²) in [4.78, 5) is 16.9. The van der Waals surface area contributed by atoms with E-state index in [1.807, 2.05) is 90.5 Å². The highest BCUT2D eigenvalue weighted by atomic mass is 79.9. The molecule has 430 valence electrons. The molecule has 0 saturated carbocycles. The Hall–Kier alpha value is -2.71.